The summed E-state index contributed by atoms with van der Waals surface area (Å²) in [6.07, 6.45) is 8.23. The number of rotatable bonds is 5. The Hall–Kier alpha value is -2.82. The van der Waals surface area contributed by atoms with Gasteiger partial charge in [-0.25, -0.2) is 0 Å². The number of nitrogens with one attached hydrogen (secondary N) is 2. The van der Waals surface area contributed by atoms with E-state index in [4.69, 9.17) is 4.42 Å². The van der Waals surface area contributed by atoms with Crippen LogP contribution in [0.1, 0.15) is 29.8 Å². The molecule has 2 amide bonds. The Morgan fingerprint density at radius 1 is 1.13 bits per heavy atom. The summed E-state index contributed by atoms with van der Waals surface area (Å²) in [5.41, 5.74) is 1.26. The number of hydrogen-bond acceptors (Lipinski definition) is 3. The summed E-state index contributed by atoms with van der Waals surface area (Å²) < 4.78 is 5.05. The number of furan rings is 1. The summed E-state index contributed by atoms with van der Waals surface area (Å²) in [6, 6.07) is 10.3. The molecule has 0 saturated carbocycles. The van der Waals surface area contributed by atoms with Crippen LogP contribution in [0.2, 0.25) is 0 Å². The highest BCUT2D eigenvalue weighted by Crippen LogP contribution is 2.22. The predicted octanol–water partition coefficient (Wildman–Crippen LogP) is 3.83. The fourth-order valence-electron chi connectivity index (χ4n) is 2.59. The zero-order valence-electron chi connectivity index (χ0n) is 12.6. The third-order valence-corrected chi connectivity index (χ3v) is 3.71. The summed E-state index contributed by atoms with van der Waals surface area (Å²) in [5, 5.41) is 5.61. The van der Waals surface area contributed by atoms with E-state index in [-0.39, 0.29) is 17.6 Å². The number of carbonyl (C=O) groups excluding carboxylic acids is 2. The Labute approximate surface area is 134 Å². The lowest BCUT2D eigenvalue weighted by Gasteiger charge is -2.10. The smallest absolute Gasteiger partial charge is 0.291 e. The molecule has 1 aliphatic carbocycles. The van der Waals surface area contributed by atoms with Crippen molar-refractivity contribution in [1.29, 1.82) is 0 Å². The molecule has 1 unspecified atom stereocenters. The van der Waals surface area contributed by atoms with Gasteiger partial charge in [0.1, 0.15) is 0 Å². The molecule has 1 heterocycles. The Bertz CT molecular complexity index is 720. The van der Waals surface area contributed by atoms with Crippen molar-refractivity contribution in [3.8, 4) is 0 Å². The molecular weight excluding hydrogens is 292 g/mol. The van der Waals surface area contributed by atoms with E-state index in [9.17, 15) is 9.59 Å². The van der Waals surface area contributed by atoms with Crippen molar-refractivity contribution in [2.45, 2.75) is 19.3 Å². The summed E-state index contributed by atoms with van der Waals surface area (Å²) in [4.78, 5) is 24.0. The molecule has 0 spiro atoms. The van der Waals surface area contributed by atoms with Crippen LogP contribution in [0.15, 0.2) is 59.2 Å². The number of amides is 2. The van der Waals surface area contributed by atoms with Gasteiger partial charge < -0.3 is 15.1 Å². The normalized spacial score (nSPS) is 16.3. The van der Waals surface area contributed by atoms with Crippen LogP contribution in [-0.2, 0) is 4.79 Å². The summed E-state index contributed by atoms with van der Waals surface area (Å²) in [5.74, 6) is 0.231. The number of carbonyl (C=O) groups is 2. The third kappa shape index (κ3) is 4.10. The van der Waals surface area contributed by atoms with Gasteiger partial charge in [-0.15, -0.1) is 0 Å². The van der Waals surface area contributed by atoms with Crippen molar-refractivity contribution in [3.63, 3.8) is 0 Å². The first-order chi connectivity index (χ1) is 11.2. The Morgan fingerprint density at radius 2 is 1.96 bits per heavy atom. The topological polar surface area (TPSA) is 71.3 Å². The number of anilines is 2. The summed E-state index contributed by atoms with van der Waals surface area (Å²) >= 11 is 0. The maximum absolute atomic E-state index is 12.0. The van der Waals surface area contributed by atoms with E-state index in [2.05, 4.69) is 22.8 Å². The molecule has 0 aliphatic heterocycles. The fourth-order valence-corrected chi connectivity index (χ4v) is 2.59. The molecule has 1 aliphatic rings. The van der Waals surface area contributed by atoms with Crippen LogP contribution in [0.25, 0.3) is 0 Å². The highest BCUT2D eigenvalue weighted by atomic mass is 16.3. The standard InChI is InChI=1S/C18H18N2O3/c21-17(11-13-5-1-2-6-13)19-14-7-3-8-15(12-14)20-18(22)16-9-4-10-23-16/h1,3-5,7-10,12-13H,2,6,11H2,(H,19,21)(H,20,22). The monoisotopic (exact) mass is 310 g/mol. The van der Waals surface area contributed by atoms with E-state index in [1.807, 2.05) is 0 Å². The van der Waals surface area contributed by atoms with E-state index >= 15 is 0 Å². The van der Waals surface area contributed by atoms with E-state index in [1.54, 1.807) is 36.4 Å². The lowest BCUT2D eigenvalue weighted by Crippen LogP contribution is -2.15. The van der Waals surface area contributed by atoms with Crippen LogP contribution in [0.5, 0.6) is 0 Å². The SMILES string of the molecule is O=C(CC1C=CCC1)Nc1cccc(NC(=O)c2ccco2)c1. The molecule has 0 saturated heterocycles. The first-order valence-electron chi connectivity index (χ1n) is 7.62. The number of hydrogen-bond donors (Lipinski definition) is 2. The Morgan fingerprint density at radius 3 is 2.65 bits per heavy atom. The highest BCUT2D eigenvalue weighted by Gasteiger charge is 2.14. The van der Waals surface area contributed by atoms with Crippen LogP contribution < -0.4 is 10.6 Å². The van der Waals surface area contributed by atoms with Gasteiger partial charge in [0.05, 0.1) is 6.26 Å². The van der Waals surface area contributed by atoms with E-state index in [1.165, 1.54) is 6.26 Å². The molecule has 3 rings (SSSR count). The minimum Gasteiger partial charge on any atom is -0.459 e. The van der Waals surface area contributed by atoms with Crippen molar-refractivity contribution >= 4 is 23.2 Å². The van der Waals surface area contributed by atoms with Crippen LogP contribution in [0.4, 0.5) is 11.4 Å². The summed E-state index contributed by atoms with van der Waals surface area (Å²) in [6.45, 7) is 0. The van der Waals surface area contributed by atoms with Crippen LogP contribution in [-0.4, -0.2) is 11.8 Å². The first-order valence-corrected chi connectivity index (χ1v) is 7.62. The van der Waals surface area contributed by atoms with Gasteiger partial charge in [-0.1, -0.05) is 18.2 Å². The molecule has 0 bridgehead atoms. The van der Waals surface area contributed by atoms with E-state index in [0.717, 1.165) is 12.8 Å². The predicted molar refractivity (Wildman–Crippen MR) is 88.2 cm³/mol. The van der Waals surface area contributed by atoms with Gasteiger partial charge in [-0.05, 0) is 49.1 Å². The first kappa shape index (κ1) is 15.1. The quantitative estimate of drug-likeness (QED) is 0.825. The second-order valence-corrected chi connectivity index (χ2v) is 5.53. The van der Waals surface area contributed by atoms with Crippen molar-refractivity contribution in [1.82, 2.24) is 0 Å². The lowest BCUT2D eigenvalue weighted by molar-refractivity contribution is -0.116. The fraction of sp³-hybridized carbons (Fsp3) is 0.222. The van der Waals surface area contributed by atoms with Crippen LogP contribution in [0.3, 0.4) is 0 Å². The van der Waals surface area contributed by atoms with E-state index < -0.39 is 0 Å². The van der Waals surface area contributed by atoms with Crippen LogP contribution in [0, 0.1) is 5.92 Å². The molecule has 1 aromatic carbocycles. The maximum atomic E-state index is 12.0. The molecule has 1 aromatic heterocycles. The molecule has 1 atom stereocenters. The molecule has 5 heteroatoms. The van der Waals surface area contributed by atoms with Crippen molar-refractivity contribution < 1.29 is 14.0 Å². The van der Waals surface area contributed by atoms with Gasteiger partial charge in [0.15, 0.2) is 5.76 Å². The molecule has 0 fully saturated rings. The minimum atomic E-state index is -0.324. The van der Waals surface area contributed by atoms with Gasteiger partial charge in [0.25, 0.3) is 5.91 Å². The minimum absolute atomic E-state index is 0.0175. The average molecular weight is 310 g/mol. The van der Waals surface area contributed by atoms with Crippen LogP contribution >= 0.6 is 0 Å². The van der Waals surface area contributed by atoms with Gasteiger partial charge in [0.2, 0.25) is 5.91 Å². The largest absolute Gasteiger partial charge is 0.459 e. The number of benzene rings is 1. The van der Waals surface area contributed by atoms with Gasteiger partial charge in [-0.3, -0.25) is 9.59 Å². The Kier molecular flexibility index (Phi) is 4.57. The molecule has 2 N–H and O–H groups in total. The highest BCUT2D eigenvalue weighted by molar-refractivity contribution is 6.02. The lowest BCUT2D eigenvalue weighted by atomic mass is 10.1. The molecule has 2 aromatic rings. The molecular formula is C18H18N2O3. The van der Waals surface area contributed by atoms with Gasteiger partial charge in [-0.2, -0.15) is 0 Å². The van der Waals surface area contributed by atoms with Crippen molar-refractivity contribution in [2.75, 3.05) is 10.6 Å². The zero-order chi connectivity index (χ0) is 16.1. The second kappa shape index (κ2) is 6.96. The molecule has 5 nitrogen and oxygen atoms in total. The molecule has 0 radical (unpaired) electrons. The summed E-state index contributed by atoms with van der Waals surface area (Å²) in [7, 11) is 0. The average Bonchev–Trinajstić information content (AvgIpc) is 3.20. The Balaban J connectivity index is 1.59. The maximum Gasteiger partial charge on any atom is 0.291 e. The second-order valence-electron chi connectivity index (χ2n) is 5.53. The van der Waals surface area contributed by atoms with Crippen molar-refractivity contribution in [3.05, 3.63) is 60.6 Å². The zero-order valence-corrected chi connectivity index (χ0v) is 12.6. The molecule has 23 heavy (non-hydrogen) atoms. The van der Waals surface area contributed by atoms with E-state index in [0.29, 0.717) is 23.7 Å². The van der Waals surface area contributed by atoms with Gasteiger partial charge in [0, 0.05) is 17.8 Å². The molecule has 118 valence electrons. The number of allylic oxidation sites excluding steroid dienone is 2. The van der Waals surface area contributed by atoms with Gasteiger partial charge >= 0.3 is 0 Å². The third-order valence-electron chi connectivity index (χ3n) is 3.71. The van der Waals surface area contributed by atoms with Crippen molar-refractivity contribution in [2.24, 2.45) is 5.92 Å².